The van der Waals surface area contributed by atoms with Crippen molar-refractivity contribution in [3.63, 3.8) is 0 Å². The van der Waals surface area contributed by atoms with Gasteiger partial charge in [-0.05, 0) is 25.0 Å². The zero-order valence-electron chi connectivity index (χ0n) is 16.8. The molecule has 2 aromatic heterocycles. The summed E-state index contributed by atoms with van der Waals surface area (Å²) >= 11 is 0. The van der Waals surface area contributed by atoms with Crippen LogP contribution in [0.3, 0.4) is 0 Å². The Morgan fingerprint density at radius 3 is 2.84 bits per heavy atom. The molecule has 1 saturated heterocycles. The van der Waals surface area contributed by atoms with Crippen molar-refractivity contribution in [1.82, 2.24) is 24.6 Å². The summed E-state index contributed by atoms with van der Waals surface area (Å²) in [5.41, 5.74) is 5.80. The van der Waals surface area contributed by atoms with Gasteiger partial charge >= 0.3 is 0 Å². The van der Waals surface area contributed by atoms with Crippen molar-refractivity contribution in [2.75, 3.05) is 23.7 Å². The van der Waals surface area contributed by atoms with Crippen molar-refractivity contribution in [2.45, 2.75) is 18.9 Å². The summed E-state index contributed by atoms with van der Waals surface area (Å²) in [7, 11) is 0. The number of piperidine rings is 1. The summed E-state index contributed by atoms with van der Waals surface area (Å²) in [4.78, 5) is 32.8. The van der Waals surface area contributed by atoms with E-state index in [4.69, 9.17) is 5.73 Å². The molecule has 0 radical (unpaired) electrons. The van der Waals surface area contributed by atoms with Crippen LogP contribution in [0.2, 0.25) is 0 Å². The van der Waals surface area contributed by atoms with E-state index in [0.29, 0.717) is 18.3 Å². The second kappa shape index (κ2) is 8.96. The molecular weight excluding hydrogens is 422 g/mol. The number of hydrogen-bond acceptors (Lipinski definition) is 7. The monoisotopic (exact) mass is 442 g/mol. The van der Waals surface area contributed by atoms with Crippen molar-refractivity contribution in [3.8, 4) is 0 Å². The Labute approximate surface area is 181 Å². The summed E-state index contributed by atoms with van der Waals surface area (Å²) in [6.07, 6.45) is 7.16. The van der Waals surface area contributed by atoms with E-state index in [0.717, 1.165) is 31.9 Å². The van der Waals surface area contributed by atoms with Crippen LogP contribution < -0.4 is 16.4 Å². The van der Waals surface area contributed by atoms with Crippen LogP contribution in [0.1, 0.15) is 29.2 Å². The molecule has 1 aliphatic heterocycles. The highest BCUT2D eigenvalue weighted by Crippen LogP contribution is 2.25. The number of nitrogens with one attached hydrogen (secondary N) is 2. The summed E-state index contributed by atoms with van der Waals surface area (Å²) < 4.78 is 29.0. The topological polar surface area (TPSA) is 131 Å². The van der Waals surface area contributed by atoms with Gasteiger partial charge in [0.05, 0.1) is 23.6 Å². The standard InChI is InChI=1S/C20H20F2N8O2/c21-12-3-4-17(16(22)6-12)27-19-15(18(23)32)8-24-20(28-19)26-13-7-25-30(9-13)14-2-1-5-29(10-14)11-31/h3-4,6-9,11,14H,1-2,5,10H2,(H2,23,32)(H2,24,26,27,28). The van der Waals surface area contributed by atoms with Gasteiger partial charge in [-0.25, -0.2) is 13.8 Å². The van der Waals surface area contributed by atoms with E-state index in [1.54, 1.807) is 22.0 Å². The number of hydrogen-bond donors (Lipinski definition) is 3. The van der Waals surface area contributed by atoms with Crippen molar-refractivity contribution < 1.29 is 18.4 Å². The van der Waals surface area contributed by atoms with Crippen LogP contribution in [-0.2, 0) is 4.79 Å². The molecule has 0 spiro atoms. The highest BCUT2D eigenvalue weighted by Gasteiger charge is 2.21. The zero-order valence-corrected chi connectivity index (χ0v) is 16.8. The first kappa shape index (κ1) is 21.2. The number of halogens is 2. The molecule has 0 bridgehead atoms. The maximum atomic E-state index is 14.0. The number of nitrogens with two attached hydrogens (primary N) is 1. The Bertz CT molecular complexity index is 1150. The minimum Gasteiger partial charge on any atom is -0.365 e. The van der Waals surface area contributed by atoms with Crippen LogP contribution in [-0.4, -0.2) is 50.1 Å². The molecule has 1 atom stereocenters. The number of aromatic nitrogens is 4. The van der Waals surface area contributed by atoms with Gasteiger partial charge in [0.2, 0.25) is 12.4 Å². The lowest BCUT2D eigenvalue weighted by atomic mass is 10.1. The van der Waals surface area contributed by atoms with Crippen LogP contribution in [0, 0.1) is 11.6 Å². The summed E-state index contributed by atoms with van der Waals surface area (Å²) in [5.74, 6) is -2.34. The molecule has 4 N–H and O–H groups in total. The predicted octanol–water partition coefficient (Wildman–Crippen LogP) is 2.33. The number of benzene rings is 1. The molecule has 3 heterocycles. The average Bonchev–Trinajstić information content (AvgIpc) is 3.24. The maximum Gasteiger partial charge on any atom is 0.254 e. The van der Waals surface area contributed by atoms with Gasteiger partial charge in [-0.3, -0.25) is 14.3 Å². The maximum absolute atomic E-state index is 14.0. The van der Waals surface area contributed by atoms with Crippen LogP contribution >= 0.6 is 0 Å². The van der Waals surface area contributed by atoms with Gasteiger partial charge in [0.25, 0.3) is 5.91 Å². The second-order valence-corrected chi connectivity index (χ2v) is 7.30. The molecule has 10 nitrogen and oxygen atoms in total. The van der Waals surface area contributed by atoms with Crippen molar-refractivity contribution in [2.24, 2.45) is 5.73 Å². The van der Waals surface area contributed by atoms with E-state index in [1.807, 2.05) is 0 Å². The number of anilines is 4. The second-order valence-electron chi connectivity index (χ2n) is 7.30. The smallest absolute Gasteiger partial charge is 0.254 e. The number of primary amides is 1. The molecule has 1 fully saturated rings. The van der Waals surface area contributed by atoms with E-state index in [9.17, 15) is 18.4 Å². The minimum atomic E-state index is -0.855. The lowest BCUT2D eigenvalue weighted by molar-refractivity contribution is -0.119. The number of nitrogens with zero attached hydrogens (tertiary/aromatic N) is 5. The molecular formula is C20H20F2N8O2. The SMILES string of the molecule is NC(=O)c1cnc(Nc2cnn(C3CCCN(C=O)C3)c2)nc1Nc1ccc(F)cc1F. The molecule has 2 amide bonds. The van der Waals surface area contributed by atoms with Crippen molar-refractivity contribution in [3.05, 3.63) is 54.0 Å². The fourth-order valence-corrected chi connectivity index (χ4v) is 3.46. The normalized spacial score (nSPS) is 15.9. The molecule has 32 heavy (non-hydrogen) atoms. The molecule has 4 rings (SSSR count). The first-order valence-corrected chi connectivity index (χ1v) is 9.82. The zero-order chi connectivity index (χ0) is 22.7. The number of rotatable bonds is 7. The number of likely N-dealkylation sites (tertiary alicyclic amines) is 1. The highest BCUT2D eigenvalue weighted by atomic mass is 19.1. The third-order valence-electron chi connectivity index (χ3n) is 5.05. The fourth-order valence-electron chi connectivity index (χ4n) is 3.46. The van der Waals surface area contributed by atoms with Crippen molar-refractivity contribution >= 4 is 35.5 Å². The van der Waals surface area contributed by atoms with E-state index < -0.39 is 17.5 Å². The molecule has 3 aromatic rings. The summed E-state index contributed by atoms with van der Waals surface area (Å²) in [6, 6.07) is 3.02. The summed E-state index contributed by atoms with van der Waals surface area (Å²) in [5, 5.41) is 9.96. The van der Waals surface area contributed by atoms with Crippen LogP contribution in [0.5, 0.6) is 0 Å². The minimum absolute atomic E-state index is 0.0400. The predicted molar refractivity (Wildman–Crippen MR) is 112 cm³/mol. The van der Waals surface area contributed by atoms with E-state index in [2.05, 4.69) is 25.7 Å². The third-order valence-corrected chi connectivity index (χ3v) is 5.05. The highest BCUT2D eigenvalue weighted by molar-refractivity contribution is 5.98. The molecule has 166 valence electrons. The molecule has 1 unspecified atom stereocenters. The largest absolute Gasteiger partial charge is 0.365 e. The molecule has 1 aromatic carbocycles. The van der Waals surface area contributed by atoms with E-state index in [1.165, 1.54) is 12.3 Å². The number of carbonyl (C=O) groups is 2. The molecule has 12 heteroatoms. The van der Waals surface area contributed by atoms with Gasteiger partial charge in [0.1, 0.15) is 23.0 Å². The van der Waals surface area contributed by atoms with Gasteiger partial charge < -0.3 is 21.3 Å². The van der Waals surface area contributed by atoms with Gasteiger partial charge in [-0.1, -0.05) is 0 Å². The average molecular weight is 442 g/mol. The first-order chi connectivity index (χ1) is 15.4. The molecule has 0 aliphatic carbocycles. The Balaban J connectivity index is 1.54. The van der Waals surface area contributed by atoms with Crippen LogP contribution in [0.15, 0.2) is 36.8 Å². The van der Waals surface area contributed by atoms with E-state index >= 15 is 0 Å². The number of carbonyl (C=O) groups excluding carboxylic acids is 2. The van der Waals surface area contributed by atoms with Crippen LogP contribution in [0.4, 0.5) is 31.9 Å². The Hall–Kier alpha value is -4.09. The first-order valence-electron chi connectivity index (χ1n) is 9.82. The van der Waals surface area contributed by atoms with Gasteiger partial charge in [-0.15, -0.1) is 0 Å². The van der Waals surface area contributed by atoms with Gasteiger partial charge in [0, 0.05) is 31.5 Å². The van der Waals surface area contributed by atoms with Crippen molar-refractivity contribution in [1.29, 1.82) is 0 Å². The third kappa shape index (κ3) is 4.63. The summed E-state index contributed by atoms with van der Waals surface area (Å²) in [6.45, 7) is 1.31. The van der Waals surface area contributed by atoms with Gasteiger partial charge in [0.15, 0.2) is 0 Å². The fraction of sp³-hybridized carbons (Fsp3) is 0.250. The Morgan fingerprint density at radius 1 is 1.25 bits per heavy atom. The number of amides is 2. The Morgan fingerprint density at radius 2 is 2.09 bits per heavy atom. The lowest BCUT2D eigenvalue weighted by Crippen LogP contribution is -2.35. The Kier molecular flexibility index (Phi) is 5.92. The molecule has 0 saturated carbocycles. The molecule has 1 aliphatic rings. The quantitative estimate of drug-likeness (QED) is 0.479. The lowest BCUT2D eigenvalue weighted by Gasteiger charge is -2.29. The van der Waals surface area contributed by atoms with Crippen LogP contribution in [0.25, 0.3) is 0 Å². The van der Waals surface area contributed by atoms with E-state index in [-0.39, 0.29) is 29.1 Å². The van der Waals surface area contributed by atoms with Gasteiger partial charge in [-0.2, -0.15) is 10.1 Å².